The maximum Gasteiger partial charge on any atom is 0.257 e. The third-order valence-corrected chi connectivity index (χ3v) is 3.89. The molecule has 2 rings (SSSR count). The molecule has 1 amide bonds. The first-order valence-electron chi connectivity index (χ1n) is 7.69. The van der Waals surface area contributed by atoms with E-state index in [2.05, 4.69) is 33.5 Å². The van der Waals surface area contributed by atoms with Crippen LogP contribution in [-0.2, 0) is 0 Å². The molecule has 0 aliphatic rings. The molecule has 0 heterocycles. The second-order valence-corrected chi connectivity index (χ2v) is 6.47. The monoisotopic (exact) mass is 406 g/mol. The van der Waals surface area contributed by atoms with Crippen molar-refractivity contribution in [3.8, 4) is 5.75 Å². The summed E-state index contributed by atoms with van der Waals surface area (Å²) in [5.41, 5.74) is 1.32. The normalized spacial score (nSPS) is 10.1. The van der Waals surface area contributed by atoms with Crippen LogP contribution in [0.3, 0.4) is 0 Å². The first kappa shape index (κ1) is 18.4. The summed E-state index contributed by atoms with van der Waals surface area (Å²) >= 11 is 8.52. The number of carbonyl (C=O) groups excluding carboxylic acids is 1. The van der Waals surface area contributed by atoms with Crippen molar-refractivity contribution in [3.63, 3.8) is 0 Å². The highest BCUT2D eigenvalue weighted by Crippen LogP contribution is 2.16. The lowest BCUT2D eigenvalue weighted by Crippen LogP contribution is -2.34. The van der Waals surface area contributed by atoms with Crippen molar-refractivity contribution in [3.05, 3.63) is 58.6 Å². The fourth-order valence-electron chi connectivity index (χ4n) is 1.94. The van der Waals surface area contributed by atoms with Crippen molar-refractivity contribution < 1.29 is 9.53 Å². The zero-order valence-electron chi connectivity index (χ0n) is 13.3. The van der Waals surface area contributed by atoms with E-state index in [-0.39, 0.29) is 11.0 Å². The Labute approximate surface area is 155 Å². The molecule has 0 saturated carbocycles. The number of thiocarbonyl (C=S) groups is 1. The summed E-state index contributed by atoms with van der Waals surface area (Å²) in [7, 11) is 0. The molecule has 2 aromatic carbocycles. The van der Waals surface area contributed by atoms with Gasteiger partial charge in [-0.05, 0) is 61.1 Å². The summed E-state index contributed by atoms with van der Waals surface area (Å²) in [6.45, 7) is 2.84. The zero-order chi connectivity index (χ0) is 17.4. The number of hydrogen-bond acceptors (Lipinski definition) is 3. The Hall–Kier alpha value is -1.92. The van der Waals surface area contributed by atoms with Gasteiger partial charge in [0, 0.05) is 15.7 Å². The highest BCUT2D eigenvalue weighted by molar-refractivity contribution is 9.10. The van der Waals surface area contributed by atoms with Crippen LogP contribution in [0.4, 0.5) is 5.69 Å². The maximum absolute atomic E-state index is 12.1. The highest BCUT2D eigenvalue weighted by atomic mass is 79.9. The van der Waals surface area contributed by atoms with E-state index in [1.165, 1.54) is 0 Å². The largest absolute Gasteiger partial charge is 0.494 e. The van der Waals surface area contributed by atoms with Gasteiger partial charge in [0.15, 0.2) is 5.11 Å². The summed E-state index contributed by atoms with van der Waals surface area (Å²) in [5, 5.41) is 5.89. The molecule has 24 heavy (non-hydrogen) atoms. The Morgan fingerprint density at radius 3 is 2.62 bits per heavy atom. The van der Waals surface area contributed by atoms with Gasteiger partial charge in [-0.25, -0.2) is 0 Å². The molecule has 0 atom stereocenters. The molecule has 0 aliphatic carbocycles. The number of benzene rings is 2. The second kappa shape index (κ2) is 9.39. The topological polar surface area (TPSA) is 50.4 Å². The first-order valence-corrected chi connectivity index (χ1v) is 8.89. The SMILES string of the molecule is CCCCOc1ccc(NC(=S)NC(=O)c2cccc(Br)c2)cc1. The molecule has 0 aliphatic heterocycles. The Morgan fingerprint density at radius 2 is 1.96 bits per heavy atom. The van der Waals surface area contributed by atoms with Gasteiger partial charge in [0.05, 0.1) is 6.61 Å². The van der Waals surface area contributed by atoms with Crippen molar-refractivity contribution in [2.45, 2.75) is 19.8 Å². The number of nitrogens with one attached hydrogen (secondary N) is 2. The Balaban J connectivity index is 1.86. The third kappa shape index (κ3) is 5.94. The molecular weight excluding hydrogens is 388 g/mol. The van der Waals surface area contributed by atoms with E-state index in [0.29, 0.717) is 12.2 Å². The van der Waals surface area contributed by atoms with Crippen LogP contribution in [0.25, 0.3) is 0 Å². The van der Waals surface area contributed by atoms with Gasteiger partial charge < -0.3 is 10.1 Å². The van der Waals surface area contributed by atoms with E-state index >= 15 is 0 Å². The highest BCUT2D eigenvalue weighted by Gasteiger charge is 2.08. The maximum atomic E-state index is 12.1. The van der Waals surface area contributed by atoms with E-state index in [1.54, 1.807) is 18.2 Å². The van der Waals surface area contributed by atoms with Crippen LogP contribution >= 0.6 is 28.1 Å². The fraction of sp³-hybridized carbons (Fsp3) is 0.222. The second-order valence-electron chi connectivity index (χ2n) is 5.14. The number of carbonyl (C=O) groups is 1. The molecule has 4 nitrogen and oxygen atoms in total. The first-order chi connectivity index (χ1) is 11.6. The van der Waals surface area contributed by atoms with Crippen LogP contribution < -0.4 is 15.4 Å². The van der Waals surface area contributed by atoms with E-state index in [4.69, 9.17) is 17.0 Å². The van der Waals surface area contributed by atoms with Crippen molar-refractivity contribution in [1.29, 1.82) is 0 Å². The molecule has 2 aromatic rings. The quantitative estimate of drug-likeness (QED) is 0.536. The summed E-state index contributed by atoms with van der Waals surface area (Å²) in [6, 6.07) is 14.6. The van der Waals surface area contributed by atoms with Crippen LogP contribution in [0.15, 0.2) is 53.0 Å². The molecule has 2 N–H and O–H groups in total. The molecule has 0 unspecified atom stereocenters. The predicted octanol–water partition coefficient (Wildman–Crippen LogP) is 4.75. The number of rotatable bonds is 6. The molecule has 0 aromatic heterocycles. The average Bonchev–Trinajstić information content (AvgIpc) is 2.56. The average molecular weight is 407 g/mol. The van der Waals surface area contributed by atoms with Crippen molar-refractivity contribution in [2.24, 2.45) is 0 Å². The van der Waals surface area contributed by atoms with Crippen LogP contribution in [0, 0.1) is 0 Å². The minimum Gasteiger partial charge on any atom is -0.494 e. The van der Waals surface area contributed by atoms with Gasteiger partial charge in [-0.15, -0.1) is 0 Å². The van der Waals surface area contributed by atoms with Gasteiger partial charge in [-0.1, -0.05) is 35.3 Å². The number of halogens is 1. The van der Waals surface area contributed by atoms with Gasteiger partial charge in [0.1, 0.15) is 5.75 Å². The summed E-state index contributed by atoms with van der Waals surface area (Å²) in [4.78, 5) is 12.1. The number of amides is 1. The van der Waals surface area contributed by atoms with Gasteiger partial charge in [0.2, 0.25) is 0 Å². The van der Waals surface area contributed by atoms with Gasteiger partial charge in [-0.2, -0.15) is 0 Å². The van der Waals surface area contributed by atoms with Gasteiger partial charge >= 0.3 is 0 Å². The van der Waals surface area contributed by atoms with Crippen LogP contribution in [-0.4, -0.2) is 17.6 Å². The van der Waals surface area contributed by atoms with Crippen LogP contribution in [0.5, 0.6) is 5.75 Å². The Bertz CT molecular complexity index is 704. The predicted molar refractivity (Wildman–Crippen MR) is 105 cm³/mol. The Kier molecular flexibility index (Phi) is 7.21. The molecule has 0 saturated heterocycles. The van der Waals surface area contributed by atoms with Crippen molar-refractivity contribution in [1.82, 2.24) is 5.32 Å². The van der Waals surface area contributed by atoms with Gasteiger partial charge in [0.25, 0.3) is 5.91 Å². The van der Waals surface area contributed by atoms with Crippen molar-refractivity contribution >= 4 is 44.9 Å². The fourth-order valence-corrected chi connectivity index (χ4v) is 2.55. The number of hydrogen-bond donors (Lipinski definition) is 2. The number of unbranched alkanes of at least 4 members (excludes halogenated alkanes) is 1. The molecule has 0 radical (unpaired) electrons. The lowest BCUT2D eigenvalue weighted by molar-refractivity contribution is 0.0977. The lowest BCUT2D eigenvalue weighted by atomic mass is 10.2. The number of anilines is 1. The van der Waals surface area contributed by atoms with Crippen molar-refractivity contribution in [2.75, 3.05) is 11.9 Å². The minimum atomic E-state index is -0.256. The van der Waals surface area contributed by atoms with Crippen LogP contribution in [0.1, 0.15) is 30.1 Å². The molecular formula is C18H19BrN2O2S. The Morgan fingerprint density at radius 1 is 1.21 bits per heavy atom. The molecule has 0 fully saturated rings. The summed E-state index contributed by atoms with van der Waals surface area (Å²) in [5.74, 6) is 0.561. The standard InChI is InChI=1S/C18H19BrN2O2S/c1-2-3-11-23-16-9-7-15(8-10-16)20-18(24)21-17(22)13-5-4-6-14(19)12-13/h4-10,12H,2-3,11H2,1H3,(H2,20,21,22,24). The van der Waals surface area contributed by atoms with E-state index in [9.17, 15) is 4.79 Å². The number of ether oxygens (including phenoxy) is 1. The van der Waals surface area contributed by atoms with E-state index in [1.807, 2.05) is 30.3 Å². The summed E-state index contributed by atoms with van der Waals surface area (Å²) < 4.78 is 6.45. The smallest absolute Gasteiger partial charge is 0.257 e. The minimum absolute atomic E-state index is 0.250. The molecule has 126 valence electrons. The zero-order valence-corrected chi connectivity index (χ0v) is 15.7. The molecule has 6 heteroatoms. The van der Waals surface area contributed by atoms with Crippen LogP contribution in [0.2, 0.25) is 0 Å². The lowest BCUT2D eigenvalue weighted by Gasteiger charge is -2.11. The van der Waals surface area contributed by atoms with Gasteiger partial charge in [-0.3, -0.25) is 10.1 Å². The summed E-state index contributed by atoms with van der Waals surface area (Å²) in [6.07, 6.45) is 2.14. The van der Waals surface area contributed by atoms with E-state index < -0.39 is 0 Å². The molecule has 0 spiro atoms. The van der Waals surface area contributed by atoms with E-state index in [0.717, 1.165) is 28.8 Å². The third-order valence-electron chi connectivity index (χ3n) is 3.19. The molecule has 0 bridgehead atoms.